The second-order valence-electron chi connectivity index (χ2n) is 9.24. The van der Waals surface area contributed by atoms with Crippen molar-refractivity contribution in [3.05, 3.63) is 82.7 Å². The molecule has 0 bridgehead atoms. The predicted molar refractivity (Wildman–Crippen MR) is 148 cm³/mol. The van der Waals surface area contributed by atoms with Gasteiger partial charge in [0.1, 0.15) is 5.69 Å². The van der Waals surface area contributed by atoms with Crippen molar-refractivity contribution in [3.8, 4) is 0 Å². The number of aromatic nitrogens is 2. The van der Waals surface area contributed by atoms with E-state index in [0.717, 1.165) is 35.4 Å². The number of methoxy groups -OCH3 is 1. The van der Waals surface area contributed by atoms with E-state index in [1.165, 1.54) is 24.0 Å². The quantitative estimate of drug-likeness (QED) is 0.528. The molecule has 1 aromatic carbocycles. The number of amides is 1. The number of benzene rings is 1. The molecule has 2 aromatic rings. The third kappa shape index (κ3) is 5.71. The van der Waals surface area contributed by atoms with Crippen LogP contribution >= 0.6 is 0 Å². The molecule has 4 rings (SSSR count). The maximum absolute atomic E-state index is 13.8. The Bertz CT molecular complexity index is 1110. The van der Waals surface area contributed by atoms with Gasteiger partial charge in [-0.15, -0.1) is 0 Å². The Hall–Kier alpha value is -2.96. The van der Waals surface area contributed by atoms with Crippen LogP contribution in [0, 0.1) is 6.92 Å². The Morgan fingerprint density at radius 2 is 1.86 bits per heavy atom. The van der Waals surface area contributed by atoms with Crippen LogP contribution in [-0.2, 0) is 11.3 Å². The lowest BCUT2D eigenvalue weighted by molar-refractivity contribution is 0.0458. The van der Waals surface area contributed by atoms with Crippen molar-refractivity contribution in [2.24, 2.45) is 5.73 Å². The number of fused-ring (bicyclic) bond motifs is 1. The Labute approximate surface area is 216 Å². The topological polar surface area (TPSA) is 73.4 Å². The van der Waals surface area contributed by atoms with Gasteiger partial charge in [0.2, 0.25) is 0 Å². The molecule has 6 heteroatoms. The van der Waals surface area contributed by atoms with Crippen LogP contribution in [0.4, 0.5) is 0 Å². The first kappa shape index (κ1) is 27.6. The van der Waals surface area contributed by atoms with Gasteiger partial charge in [-0.05, 0) is 56.2 Å². The zero-order valence-corrected chi connectivity index (χ0v) is 22.6. The van der Waals surface area contributed by atoms with Crippen LogP contribution in [0.1, 0.15) is 73.8 Å². The largest absolute Gasteiger partial charge is 0.378 e. The molecule has 2 N–H and O–H groups in total. The maximum Gasteiger partial charge on any atom is 0.258 e. The summed E-state index contributed by atoms with van der Waals surface area (Å²) in [5.74, 6) is -0.00599. The lowest BCUT2D eigenvalue weighted by Gasteiger charge is -2.37. The monoisotopic (exact) mass is 490 g/mol. The highest BCUT2D eigenvalue weighted by molar-refractivity contribution is 6.04. The van der Waals surface area contributed by atoms with E-state index < -0.39 is 0 Å². The zero-order valence-electron chi connectivity index (χ0n) is 22.6. The number of carbonyl (C=O) groups is 1. The van der Waals surface area contributed by atoms with Crippen molar-refractivity contribution >= 4 is 11.5 Å². The van der Waals surface area contributed by atoms with Crippen molar-refractivity contribution in [3.63, 3.8) is 0 Å². The van der Waals surface area contributed by atoms with Crippen LogP contribution in [0.5, 0.6) is 0 Å². The van der Waals surface area contributed by atoms with E-state index in [4.69, 9.17) is 15.6 Å². The number of carbonyl (C=O) groups excluding carboxylic acids is 1. The summed E-state index contributed by atoms with van der Waals surface area (Å²) in [7, 11) is 1.64. The number of rotatable bonds is 8. The van der Waals surface area contributed by atoms with Gasteiger partial charge in [-0.25, -0.2) is 0 Å². The molecule has 36 heavy (non-hydrogen) atoms. The fraction of sp³-hybridized carbons (Fsp3) is 0.467. The number of hydrogen-bond acceptors (Lipinski definition) is 4. The number of allylic oxidation sites excluding steroid dienone is 4. The van der Waals surface area contributed by atoms with E-state index >= 15 is 0 Å². The summed E-state index contributed by atoms with van der Waals surface area (Å²) in [4.78, 5) is 15.7. The fourth-order valence-corrected chi connectivity index (χ4v) is 5.03. The molecule has 1 aromatic heterocycles. The molecule has 194 valence electrons. The molecular formula is C30H42N4O2. The molecule has 1 aliphatic heterocycles. The average molecular weight is 491 g/mol. The molecule has 0 saturated carbocycles. The third-order valence-electron chi connectivity index (χ3n) is 7.17. The second kappa shape index (κ2) is 12.8. The number of nitrogens with two attached hydrogens (primary N) is 1. The van der Waals surface area contributed by atoms with Crippen LogP contribution in [0.2, 0.25) is 0 Å². The average Bonchev–Trinajstić information content (AvgIpc) is 3.24. The van der Waals surface area contributed by atoms with Crippen molar-refractivity contribution in [1.82, 2.24) is 14.7 Å². The lowest BCUT2D eigenvalue weighted by atomic mass is 9.86. The summed E-state index contributed by atoms with van der Waals surface area (Å²) in [6, 6.07) is 10.1. The highest BCUT2D eigenvalue weighted by Gasteiger charge is 2.39. The minimum atomic E-state index is -0.216. The van der Waals surface area contributed by atoms with Crippen molar-refractivity contribution < 1.29 is 9.53 Å². The van der Waals surface area contributed by atoms with Crippen LogP contribution in [-0.4, -0.2) is 52.9 Å². The standard InChI is InChI=1S/C28H36N4O2.C2H6/c1-5-22-13-9-10-14-23(22)15-25-19(2)31(18-24(16-29)34-4)28(33)26-20(3)32(30-27(25)26)17-21-11-7-6-8-12-21;1-2/h5-8,11-12,15,19,24H,1,9-10,13-14,16-18,29H2,2-4H3;1-2H3/b25-15+;. The van der Waals surface area contributed by atoms with Gasteiger partial charge in [0, 0.05) is 31.5 Å². The van der Waals surface area contributed by atoms with E-state index in [-0.39, 0.29) is 18.1 Å². The van der Waals surface area contributed by atoms with Gasteiger partial charge in [-0.3, -0.25) is 9.48 Å². The second-order valence-corrected chi connectivity index (χ2v) is 9.24. The van der Waals surface area contributed by atoms with Gasteiger partial charge >= 0.3 is 0 Å². The number of hydrogen-bond donors (Lipinski definition) is 1. The van der Waals surface area contributed by atoms with Gasteiger partial charge < -0.3 is 15.4 Å². The molecule has 2 heterocycles. The molecule has 2 unspecified atom stereocenters. The Morgan fingerprint density at radius 1 is 1.19 bits per heavy atom. The summed E-state index contributed by atoms with van der Waals surface area (Å²) in [5, 5.41) is 4.99. The zero-order chi connectivity index (χ0) is 26.2. The molecule has 6 nitrogen and oxygen atoms in total. The molecule has 1 aliphatic carbocycles. The molecule has 2 atom stereocenters. The summed E-state index contributed by atoms with van der Waals surface area (Å²) in [6.45, 7) is 13.5. The summed E-state index contributed by atoms with van der Waals surface area (Å²) in [6.07, 6.45) is 8.46. The first-order valence-electron chi connectivity index (χ1n) is 13.2. The van der Waals surface area contributed by atoms with Crippen LogP contribution < -0.4 is 5.73 Å². The molecule has 0 radical (unpaired) electrons. The summed E-state index contributed by atoms with van der Waals surface area (Å²) in [5.41, 5.74) is 13.1. The lowest BCUT2D eigenvalue weighted by Crippen LogP contribution is -2.48. The molecule has 2 aliphatic rings. The summed E-state index contributed by atoms with van der Waals surface area (Å²) < 4.78 is 7.50. The Kier molecular flexibility index (Phi) is 9.85. The van der Waals surface area contributed by atoms with Gasteiger partial charge in [-0.2, -0.15) is 5.10 Å². The minimum absolute atomic E-state index is 0.00599. The predicted octanol–water partition coefficient (Wildman–Crippen LogP) is 5.52. The van der Waals surface area contributed by atoms with E-state index in [9.17, 15) is 4.79 Å². The first-order valence-corrected chi connectivity index (χ1v) is 13.2. The van der Waals surface area contributed by atoms with E-state index in [1.54, 1.807) is 7.11 Å². The van der Waals surface area contributed by atoms with Crippen molar-refractivity contribution in [1.29, 1.82) is 0 Å². The fourth-order valence-electron chi connectivity index (χ4n) is 5.03. The van der Waals surface area contributed by atoms with Gasteiger partial charge in [0.05, 0.1) is 24.3 Å². The van der Waals surface area contributed by atoms with Gasteiger partial charge in [0.25, 0.3) is 5.91 Å². The van der Waals surface area contributed by atoms with Gasteiger partial charge in [0.15, 0.2) is 0 Å². The van der Waals surface area contributed by atoms with E-state index in [0.29, 0.717) is 25.2 Å². The molecule has 1 amide bonds. The van der Waals surface area contributed by atoms with Crippen LogP contribution in [0.3, 0.4) is 0 Å². The third-order valence-corrected chi connectivity index (χ3v) is 7.17. The van der Waals surface area contributed by atoms with E-state index in [1.807, 2.05) is 54.6 Å². The van der Waals surface area contributed by atoms with Crippen LogP contribution in [0.15, 0.2) is 60.2 Å². The smallest absolute Gasteiger partial charge is 0.258 e. The molecule has 0 saturated heterocycles. The maximum atomic E-state index is 13.8. The highest BCUT2D eigenvalue weighted by Crippen LogP contribution is 2.37. The van der Waals surface area contributed by atoms with Gasteiger partial charge in [-0.1, -0.05) is 62.9 Å². The van der Waals surface area contributed by atoms with Crippen molar-refractivity contribution in [2.45, 2.75) is 72.1 Å². The minimum Gasteiger partial charge on any atom is -0.378 e. The van der Waals surface area contributed by atoms with Crippen LogP contribution in [0.25, 0.3) is 5.57 Å². The molecular weight excluding hydrogens is 448 g/mol. The molecule has 0 fully saturated rings. The summed E-state index contributed by atoms with van der Waals surface area (Å²) >= 11 is 0. The Morgan fingerprint density at radius 3 is 2.47 bits per heavy atom. The molecule has 0 spiro atoms. The Balaban J connectivity index is 0.00000176. The number of nitrogens with zero attached hydrogens (tertiary/aromatic N) is 3. The highest BCUT2D eigenvalue weighted by atomic mass is 16.5. The normalized spacial score (nSPS) is 19.6. The number of ether oxygens (including phenoxy) is 1. The SMILES string of the molecule is C=CC1=C(/C=C2/c3nn(Cc4ccccc4)c(C)c3C(=O)N(CC(CN)OC)C2C)CCCC1.CC. The van der Waals surface area contributed by atoms with Crippen molar-refractivity contribution in [2.75, 3.05) is 20.2 Å². The first-order chi connectivity index (χ1) is 17.5. The van der Waals surface area contributed by atoms with E-state index in [2.05, 4.69) is 31.7 Å².